The molecule has 1 aliphatic rings. The molecule has 32 heavy (non-hydrogen) atoms. The van der Waals surface area contributed by atoms with Crippen molar-refractivity contribution >= 4 is 17.2 Å². The Labute approximate surface area is 192 Å². The minimum atomic E-state index is 0.0541. The maximum Gasteiger partial charge on any atom is 0.272 e. The zero-order chi connectivity index (χ0) is 21.9. The molecule has 0 spiro atoms. The third-order valence-corrected chi connectivity index (χ3v) is 6.96. The molecule has 5 nitrogen and oxygen atoms in total. The van der Waals surface area contributed by atoms with Crippen molar-refractivity contribution in [3.05, 3.63) is 101 Å². The number of hydrogen-bond donors (Lipinski definition) is 0. The predicted molar refractivity (Wildman–Crippen MR) is 129 cm³/mol. The van der Waals surface area contributed by atoms with Gasteiger partial charge in [-0.15, -0.1) is 11.3 Å². The topological polar surface area (TPSA) is 41.4 Å². The summed E-state index contributed by atoms with van der Waals surface area (Å²) >= 11 is 1.64. The molecule has 3 heterocycles. The zero-order valence-electron chi connectivity index (χ0n) is 18.1. The Kier molecular flexibility index (Phi) is 5.88. The van der Waals surface area contributed by atoms with Gasteiger partial charge in [-0.3, -0.25) is 14.4 Å². The van der Waals surface area contributed by atoms with Crippen LogP contribution in [0.4, 0.5) is 0 Å². The van der Waals surface area contributed by atoms with Gasteiger partial charge in [-0.1, -0.05) is 66.7 Å². The lowest BCUT2D eigenvalue weighted by molar-refractivity contribution is 0.0587. The maximum atomic E-state index is 13.3. The van der Waals surface area contributed by atoms with Crippen LogP contribution in [-0.2, 0) is 7.05 Å². The molecule has 4 aromatic rings. The average molecular weight is 443 g/mol. The zero-order valence-corrected chi connectivity index (χ0v) is 18.9. The number of piperazine rings is 1. The van der Waals surface area contributed by atoms with Gasteiger partial charge in [0.1, 0.15) is 11.4 Å². The number of rotatable bonds is 5. The first-order chi connectivity index (χ1) is 15.7. The fourth-order valence-corrected chi connectivity index (χ4v) is 5.12. The summed E-state index contributed by atoms with van der Waals surface area (Å²) in [6, 6.07) is 27.4. The van der Waals surface area contributed by atoms with Crippen LogP contribution in [-0.4, -0.2) is 51.7 Å². The highest BCUT2D eigenvalue weighted by Gasteiger charge is 2.29. The SMILES string of the molecule is Cn1nc(-c2cccs2)cc1C(=O)N1CCN(C(c2ccccc2)c2ccccc2)CC1. The van der Waals surface area contributed by atoms with E-state index in [-0.39, 0.29) is 11.9 Å². The molecule has 6 heteroatoms. The molecular weight excluding hydrogens is 416 g/mol. The predicted octanol–water partition coefficient (Wildman–Crippen LogP) is 4.70. The summed E-state index contributed by atoms with van der Waals surface area (Å²) in [6.45, 7) is 3.06. The Bertz CT molecular complexity index is 1120. The molecule has 2 aromatic carbocycles. The van der Waals surface area contributed by atoms with Crippen LogP contribution < -0.4 is 0 Å². The van der Waals surface area contributed by atoms with E-state index in [4.69, 9.17) is 0 Å². The van der Waals surface area contributed by atoms with E-state index in [1.165, 1.54) is 11.1 Å². The van der Waals surface area contributed by atoms with Gasteiger partial charge in [-0.2, -0.15) is 5.10 Å². The first kappa shape index (κ1) is 20.7. The Morgan fingerprint density at radius 2 is 1.50 bits per heavy atom. The van der Waals surface area contributed by atoms with Crippen molar-refractivity contribution in [1.82, 2.24) is 19.6 Å². The lowest BCUT2D eigenvalue weighted by Crippen LogP contribution is -2.50. The molecule has 1 fully saturated rings. The summed E-state index contributed by atoms with van der Waals surface area (Å²) in [4.78, 5) is 18.8. The van der Waals surface area contributed by atoms with Gasteiger partial charge in [0.05, 0.1) is 10.9 Å². The van der Waals surface area contributed by atoms with Crippen LogP contribution in [0.25, 0.3) is 10.6 Å². The number of hydrogen-bond acceptors (Lipinski definition) is 4. The summed E-state index contributed by atoms with van der Waals surface area (Å²) in [6.07, 6.45) is 0. The number of aromatic nitrogens is 2. The van der Waals surface area contributed by atoms with Gasteiger partial charge in [-0.25, -0.2) is 0 Å². The van der Waals surface area contributed by atoms with E-state index in [0.29, 0.717) is 18.8 Å². The Balaban J connectivity index is 1.32. The molecule has 0 bridgehead atoms. The molecule has 0 radical (unpaired) electrons. The van der Waals surface area contributed by atoms with Crippen LogP contribution in [0.3, 0.4) is 0 Å². The van der Waals surface area contributed by atoms with E-state index in [2.05, 4.69) is 70.7 Å². The first-order valence-electron chi connectivity index (χ1n) is 10.9. The van der Waals surface area contributed by atoms with E-state index in [9.17, 15) is 4.79 Å². The number of carbonyl (C=O) groups is 1. The van der Waals surface area contributed by atoms with E-state index in [1.807, 2.05) is 35.5 Å². The molecule has 1 saturated heterocycles. The normalized spacial score (nSPS) is 14.8. The van der Waals surface area contributed by atoms with Crippen LogP contribution >= 0.6 is 11.3 Å². The van der Waals surface area contributed by atoms with Gasteiger partial charge in [-0.05, 0) is 28.6 Å². The molecule has 162 valence electrons. The lowest BCUT2D eigenvalue weighted by atomic mass is 9.96. The second-order valence-corrected chi connectivity index (χ2v) is 9.02. The standard InChI is InChI=1S/C26H26N4OS/c1-28-23(19-22(27-28)24-13-8-18-32-24)26(31)30-16-14-29(15-17-30)25(20-9-4-2-5-10-20)21-11-6-3-7-12-21/h2-13,18-19,25H,14-17H2,1H3. The number of carbonyl (C=O) groups excluding carboxylic acids is 1. The van der Waals surface area contributed by atoms with Crippen molar-refractivity contribution in [2.24, 2.45) is 7.05 Å². The monoisotopic (exact) mass is 442 g/mol. The third kappa shape index (κ3) is 4.11. The molecular formula is C26H26N4OS. The summed E-state index contributed by atoms with van der Waals surface area (Å²) in [5.74, 6) is 0.0541. The van der Waals surface area contributed by atoms with Crippen LogP contribution in [0, 0.1) is 0 Å². The third-order valence-electron chi connectivity index (χ3n) is 6.07. The van der Waals surface area contributed by atoms with Gasteiger partial charge < -0.3 is 4.90 Å². The molecule has 1 amide bonds. The van der Waals surface area contributed by atoms with Crippen molar-refractivity contribution in [3.63, 3.8) is 0 Å². The molecule has 5 rings (SSSR count). The molecule has 0 saturated carbocycles. The number of amides is 1. The van der Waals surface area contributed by atoms with Crippen LogP contribution in [0.5, 0.6) is 0 Å². The largest absolute Gasteiger partial charge is 0.335 e. The molecule has 0 unspecified atom stereocenters. The fraction of sp³-hybridized carbons (Fsp3) is 0.231. The second kappa shape index (κ2) is 9.10. The van der Waals surface area contributed by atoms with E-state index >= 15 is 0 Å². The Morgan fingerprint density at radius 3 is 2.06 bits per heavy atom. The van der Waals surface area contributed by atoms with Gasteiger partial charge >= 0.3 is 0 Å². The summed E-state index contributed by atoms with van der Waals surface area (Å²) < 4.78 is 1.71. The van der Waals surface area contributed by atoms with Gasteiger partial charge in [0.2, 0.25) is 0 Å². The fourth-order valence-electron chi connectivity index (χ4n) is 4.44. The van der Waals surface area contributed by atoms with E-state index in [1.54, 1.807) is 16.0 Å². The van der Waals surface area contributed by atoms with Gasteiger partial charge in [0.15, 0.2) is 0 Å². The van der Waals surface area contributed by atoms with Crippen molar-refractivity contribution in [3.8, 4) is 10.6 Å². The first-order valence-corrected chi connectivity index (χ1v) is 11.8. The number of nitrogens with zero attached hydrogens (tertiary/aromatic N) is 4. The van der Waals surface area contributed by atoms with Gasteiger partial charge in [0.25, 0.3) is 5.91 Å². The minimum Gasteiger partial charge on any atom is -0.335 e. The molecule has 1 aliphatic heterocycles. The molecule has 2 aromatic heterocycles. The number of benzene rings is 2. The Morgan fingerprint density at radius 1 is 0.875 bits per heavy atom. The summed E-state index contributed by atoms with van der Waals surface area (Å²) in [7, 11) is 1.85. The average Bonchev–Trinajstić information content (AvgIpc) is 3.51. The molecule has 0 aliphatic carbocycles. The second-order valence-electron chi connectivity index (χ2n) is 8.07. The number of aryl methyl sites for hydroxylation is 1. The van der Waals surface area contributed by atoms with Crippen molar-refractivity contribution in [1.29, 1.82) is 0 Å². The number of thiophene rings is 1. The van der Waals surface area contributed by atoms with Crippen LogP contribution in [0.2, 0.25) is 0 Å². The molecule has 0 atom stereocenters. The van der Waals surface area contributed by atoms with E-state index < -0.39 is 0 Å². The van der Waals surface area contributed by atoms with Crippen molar-refractivity contribution < 1.29 is 4.79 Å². The Hall–Kier alpha value is -3.22. The molecule has 0 N–H and O–H groups in total. The maximum absolute atomic E-state index is 13.3. The van der Waals surface area contributed by atoms with Crippen molar-refractivity contribution in [2.45, 2.75) is 6.04 Å². The summed E-state index contributed by atoms with van der Waals surface area (Å²) in [5.41, 5.74) is 4.07. The van der Waals surface area contributed by atoms with Crippen LogP contribution in [0.1, 0.15) is 27.7 Å². The quantitative estimate of drug-likeness (QED) is 0.450. The highest BCUT2D eigenvalue weighted by molar-refractivity contribution is 7.13. The smallest absolute Gasteiger partial charge is 0.272 e. The van der Waals surface area contributed by atoms with Crippen LogP contribution in [0.15, 0.2) is 84.2 Å². The highest BCUT2D eigenvalue weighted by Crippen LogP contribution is 2.30. The highest BCUT2D eigenvalue weighted by atomic mass is 32.1. The lowest BCUT2D eigenvalue weighted by Gasteiger charge is -2.39. The van der Waals surface area contributed by atoms with Crippen molar-refractivity contribution in [2.75, 3.05) is 26.2 Å². The van der Waals surface area contributed by atoms with E-state index in [0.717, 1.165) is 23.7 Å². The van der Waals surface area contributed by atoms with Gasteiger partial charge in [0, 0.05) is 33.2 Å². The minimum absolute atomic E-state index is 0.0541. The summed E-state index contributed by atoms with van der Waals surface area (Å²) in [5, 5.41) is 6.59.